The maximum absolute atomic E-state index is 5.58. The van der Waals surface area contributed by atoms with Gasteiger partial charge in [0.25, 0.3) is 0 Å². The second kappa shape index (κ2) is 4.63. The number of alkyl halides is 1. The summed E-state index contributed by atoms with van der Waals surface area (Å²) >= 11 is 12.4. The van der Waals surface area contributed by atoms with E-state index >= 15 is 0 Å². The minimum Gasteiger partial charge on any atom is -0.338 e. The zero-order valence-corrected chi connectivity index (χ0v) is 11.3. The molecule has 0 aliphatic carbocycles. The second-order valence-corrected chi connectivity index (χ2v) is 4.90. The van der Waals surface area contributed by atoms with Crippen molar-refractivity contribution in [2.45, 2.75) is 5.88 Å². The van der Waals surface area contributed by atoms with Crippen LogP contribution in [-0.2, 0) is 5.88 Å². The average Bonchev–Trinajstić information content (AvgIpc) is 2.64. The van der Waals surface area contributed by atoms with Gasteiger partial charge in [-0.3, -0.25) is 0 Å². The Balaban J connectivity index is 2.44. The van der Waals surface area contributed by atoms with Gasteiger partial charge in [0, 0.05) is 14.5 Å². The van der Waals surface area contributed by atoms with Crippen LogP contribution in [0.5, 0.6) is 0 Å². The number of nitrogens with zero attached hydrogens (tertiary/aromatic N) is 2. The zero-order valence-electron chi connectivity index (χ0n) is 7.38. The van der Waals surface area contributed by atoms with Crippen LogP contribution in [0.4, 0.5) is 0 Å². The maximum Gasteiger partial charge on any atom is 0.241 e. The molecular formula is C9H5Br2ClN2O. The molecule has 78 valence electrons. The van der Waals surface area contributed by atoms with Gasteiger partial charge in [0.1, 0.15) is 5.88 Å². The number of hydrogen-bond acceptors (Lipinski definition) is 3. The molecule has 1 heterocycles. The molecule has 0 N–H and O–H groups in total. The van der Waals surface area contributed by atoms with Crippen LogP contribution in [0.15, 0.2) is 31.7 Å². The topological polar surface area (TPSA) is 38.9 Å². The van der Waals surface area contributed by atoms with E-state index in [-0.39, 0.29) is 5.88 Å². The lowest BCUT2D eigenvalue weighted by Crippen LogP contribution is -1.82. The first-order valence-electron chi connectivity index (χ1n) is 4.04. The van der Waals surface area contributed by atoms with Crippen molar-refractivity contribution < 1.29 is 4.52 Å². The molecule has 0 saturated heterocycles. The quantitative estimate of drug-likeness (QED) is 0.767. The van der Waals surface area contributed by atoms with E-state index in [2.05, 4.69) is 42.0 Å². The van der Waals surface area contributed by atoms with Crippen molar-refractivity contribution in [1.82, 2.24) is 10.1 Å². The van der Waals surface area contributed by atoms with Crippen LogP contribution in [-0.4, -0.2) is 10.1 Å². The van der Waals surface area contributed by atoms with Crippen LogP contribution in [0.2, 0.25) is 0 Å². The van der Waals surface area contributed by atoms with E-state index in [9.17, 15) is 0 Å². The van der Waals surface area contributed by atoms with E-state index in [1.54, 1.807) is 0 Å². The van der Waals surface area contributed by atoms with Gasteiger partial charge < -0.3 is 4.52 Å². The highest BCUT2D eigenvalue weighted by molar-refractivity contribution is 9.11. The van der Waals surface area contributed by atoms with Gasteiger partial charge >= 0.3 is 0 Å². The summed E-state index contributed by atoms with van der Waals surface area (Å²) in [6.45, 7) is 0. The Hall–Kier alpha value is -0.390. The predicted octanol–water partition coefficient (Wildman–Crippen LogP) is 4.00. The molecule has 0 amide bonds. The van der Waals surface area contributed by atoms with Gasteiger partial charge in [0.2, 0.25) is 11.7 Å². The molecule has 2 rings (SSSR count). The van der Waals surface area contributed by atoms with E-state index in [0.717, 1.165) is 14.5 Å². The molecule has 0 bridgehead atoms. The van der Waals surface area contributed by atoms with Gasteiger partial charge in [0.15, 0.2) is 0 Å². The molecule has 0 unspecified atom stereocenters. The molecule has 0 radical (unpaired) electrons. The number of benzene rings is 1. The average molecular weight is 352 g/mol. The molecule has 0 atom stereocenters. The van der Waals surface area contributed by atoms with Crippen LogP contribution < -0.4 is 0 Å². The third-order valence-corrected chi connectivity index (χ3v) is 2.85. The van der Waals surface area contributed by atoms with Crippen LogP contribution in [0, 0.1) is 0 Å². The molecule has 0 aliphatic rings. The van der Waals surface area contributed by atoms with Gasteiger partial charge in [-0.25, -0.2) is 0 Å². The molecule has 1 aromatic carbocycles. The minimum absolute atomic E-state index is 0.224. The fourth-order valence-corrected chi connectivity index (χ4v) is 2.51. The van der Waals surface area contributed by atoms with E-state index < -0.39 is 0 Å². The zero-order chi connectivity index (χ0) is 10.8. The van der Waals surface area contributed by atoms with Crippen molar-refractivity contribution in [2.24, 2.45) is 0 Å². The van der Waals surface area contributed by atoms with Crippen molar-refractivity contribution in [1.29, 1.82) is 0 Å². The second-order valence-electron chi connectivity index (χ2n) is 2.80. The molecule has 0 saturated carbocycles. The molecule has 1 aromatic heterocycles. The first kappa shape index (κ1) is 11.1. The summed E-state index contributed by atoms with van der Waals surface area (Å²) in [4.78, 5) is 4.13. The van der Waals surface area contributed by atoms with E-state index in [1.807, 2.05) is 18.2 Å². The third kappa shape index (κ3) is 2.59. The molecule has 0 fully saturated rings. The summed E-state index contributed by atoms with van der Waals surface area (Å²) in [5.41, 5.74) is 0.872. The largest absolute Gasteiger partial charge is 0.338 e. The van der Waals surface area contributed by atoms with Crippen molar-refractivity contribution >= 4 is 43.5 Å². The summed E-state index contributed by atoms with van der Waals surface area (Å²) in [5.74, 6) is 1.18. The lowest BCUT2D eigenvalue weighted by molar-refractivity contribution is 0.391. The molecule has 0 spiro atoms. The Kier molecular flexibility index (Phi) is 3.43. The van der Waals surface area contributed by atoms with Crippen LogP contribution >= 0.6 is 43.5 Å². The van der Waals surface area contributed by atoms with Gasteiger partial charge in [0.05, 0.1) is 0 Å². The molecule has 2 aromatic rings. The fourth-order valence-electron chi connectivity index (χ4n) is 1.11. The first-order chi connectivity index (χ1) is 7.19. The number of halogens is 3. The molecule has 15 heavy (non-hydrogen) atoms. The van der Waals surface area contributed by atoms with Crippen molar-refractivity contribution in [3.8, 4) is 11.4 Å². The van der Waals surface area contributed by atoms with Gasteiger partial charge in [-0.05, 0) is 18.2 Å². The highest BCUT2D eigenvalue weighted by Gasteiger charge is 2.08. The monoisotopic (exact) mass is 350 g/mol. The van der Waals surface area contributed by atoms with E-state index in [0.29, 0.717) is 11.7 Å². The Morgan fingerprint density at radius 1 is 1.20 bits per heavy atom. The summed E-state index contributed by atoms with van der Waals surface area (Å²) in [6.07, 6.45) is 0. The summed E-state index contributed by atoms with van der Waals surface area (Å²) in [7, 11) is 0. The molecule has 6 heteroatoms. The van der Waals surface area contributed by atoms with Crippen LogP contribution in [0.1, 0.15) is 5.89 Å². The number of rotatable bonds is 2. The SMILES string of the molecule is ClCc1nc(-c2cc(Br)cc(Br)c2)no1. The number of aromatic nitrogens is 2. The number of hydrogen-bond donors (Lipinski definition) is 0. The van der Waals surface area contributed by atoms with Crippen LogP contribution in [0.3, 0.4) is 0 Å². The Morgan fingerprint density at radius 2 is 1.87 bits per heavy atom. The third-order valence-electron chi connectivity index (χ3n) is 1.70. The van der Waals surface area contributed by atoms with Crippen molar-refractivity contribution in [3.63, 3.8) is 0 Å². The van der Waals surface area contributed by atoms with E-state index in [1.165, 1.54) is 0 Å². The minimum atomic E-state index is 0.224. The van der Waals surface area contributed by atoms with Gasteiger partial charge in [-0.2, -0.15) is 4.98 Å². The lowest BCUT2D eigenvalue weighted by atomic mass is 10.2. The summed E-state index contributed by atoms with van der Waals surface area (Å²) in [6, 6.07) is 5.76. The molecule has 3 nitrogen and oxygen atoms in total. The first-order valence-corrected chi connectivity index (χ1v) is 6.16. The highest BCUT2D eigenvalue weighted by Crippen LogP contribution is 2.26. The van der Waals surface area contributed by atoms with Crippen LogP contribution in [0.25, 0.3) is 11.4 Å². The van der Waals surface area contributed by atoms with E-state index in [4.69, 9.17) is 16.1 Å². The predicted molar refractivity (Wildman–Crippen MR) is 64.7 cm³/mol. The smallest absolute Gasteiger partial charge is 0.241 e. The maximum atomic E-state index is 5.58. The standard InChI is InChI=1S/C9H5Br2ClN2O/c10-6-1-5(2-7(11)3-6)9-13-8(4-12)15-14-9/h1-3H,4H2. The van der Waals surface area contributed by atoms with Crippen molar-refractivity contribution in [2.75, 3.05) is 0 Å². The Bertz CT molecular complexity index is 466. The fraction of sp³-hybridized carbons (Fsp3) is 0.111. The molecular weight excluding hydrogens is 347 g/mol. The Morgan fingerprint density at radius 3 is 2.40 bits per heavy atom. The highest BCUT2D eigenvalue weighted by atomic mass is 79.9. The van der Waals surface area contributed by atoms with Gasteiger partial charge in [-0.1, -0.05) is 37.0 Å². The normalized spacial score (nSPS) is 10.6. The molecule has 0 aliphatic heterocycles. The summed E-state index contributed by atoms with van der Waals surface area (Å²) < 4.78 is 6.82. The lowest BCUT2D eigenvalue weighted by Gasteiger charge is -1.97. The summed E-state index contributed by atoms with van der Waals surface area (Å²) in [5, 5.41) is 3.83. The Labute approximate surface area is 108 Å². The van der Waals surface area contributed by atoms with Gasteiger partial charge in [-0.15, -0.1) is 11.6 Å². The van der Waals surface area contributed by atoms with Crippen molar-refractivity contribution in [3.05, 3.63) is 33.0 Å².